The Bertz CT molecular complexity index is 794. The minimum atomic E-state index is -0.349. The van der Waals surface area contributed by atoms with Gasteiger partial charge in [-0.05, 0) is 24.4 Å². The molecule has 1 fully saturated rings. The van der Waals surface area contributed by atoms with Gasteiger partial charge in [-0.2, -0.15) is 0 Å². The maximum Gasteiger partial charge on any atom is 0.132 e. The van der Waals surface area contributed by atoms with Crippen molar-refractivity contribution in [3.05, 3.63) is 42.1 Å². The molecule has 0 bridgehead atoms. The standard InChI is InChI=1S/C17H20N4O3/c18-4-3-13(19)11-1-2-12-14(5-11)21-16(20)6-15(12)24-10-17(7-22)8-23-9-17/h1-6,19,22H,7-10,18H2,(H2,20,21). The molecule has 0 unspecified atom stereocenters. The van der Waals surface area contributed by atoms with Crippen molar-refractivity contribution in [2.45, 2.75) is 0 Å². The summed E-state index contributed by atoms with van der Waals surface area (Å²) in [5.41, 5.74) is 12.5. The van der Waals surface area contributed by atoms with Crippen LogP contribution in [0.4, 0.5) is 5.82 Å². The lowest BCUT2D eigenvalue weighted by Crippen LogP contribution is -2.49. The summed E-state index contributed by atoms with van der Waals surface area (Å²) in [5.74, 6) is 0.933. The number of nitrogen functional groups attached to an aromatic ring is 1. The summed E-state index contributed by atoms with van der Waals surface area (Å²) in [5, 5.41) is 18.2. The van der Waals surface area contributed by atoms with Gasteiger partial charge in [-0.3, -0.25) is 0 Å². The summed E-state index contributed by atoms with van der Waals surface area (Å²) in [6.45, 7) is 1.32. The molecule has 6 N–H and O–H groups in total. The maximum absolute atomic E-state index is 9.49. The van der Waals surface area contributed by atoms with Crippen LogP contribution in [0.2, 0.25) is 0 Å². The number of ether oxygens (including phenoxy) is 2. The van der Waals surface area contributed by atoms with Crippen LogP contribution in [0.5, 0.6) is 5.75 Å². The fourth-order valence-electron chi connectivity index (χ4n) is 2.54. The van der Waals surface area contributed by atoms with Crippen LogP contribution in [0, 0.1) is 10.8 Å². The Balaban J connectivity index is 1.92. The Morgan fingerprint density at radius 1 is 1.42 bits per heavy atom. The van der Waals surface area contributed by atoms with Gasteiger partial charge in [0.1, 0.15) is 18.2 Å². The molecule has 126 valence electrons. The Kier molecular flexibility index (Phi) is 4.37. The molecule has 0 spiro atoms. The number of aliphatic hydroxyl groups is 1. The van der Waals surface area contributed by atoms with Gasteiger partial charge in [0.2, 0.25) is 0 Å². The van der Waals surface area contributed by atoms with Crippen LogP contribution in [0.3, 0.4) is 0 Å². The van der Waals surface area contributed by atoms with Crippen molar-refractivity contribution in [1.82, 2.24) is 4.98 Å². The van der Waals surface area contributed by atoms with E-state index in [-0.39, 0.29) is 17.7 Å². The summed E-state index contributed by atoms with van der Waals surface area (Å²) in [6, 6.07) is 7.09. The van der Waals surface area contributed by atoms with Gasteiger partial charge >= 0.3 is 0 Å². The quantitative estimate of drug-likeness (QED) is 0.587. The van der Waals surface area contributed by atoms with Gasteiger partial charge in [0, 0.05) is 17.0 Å². The number of fused-ring (bicyclic) bond motifs is 1. The third kappa shape index (κ3) is 3.04. The number of allylic oxidation sites excluding steroid dienone is 1. The molecule has 0 saturated carbocycles. The van der Waals surface area contributed by atoms with E-state index in [0.29, 0.717) is 42.5 Å². The number of aromatic nitrogens is 1. The molecule has 7 nitrogen and oxygen atoms in total. The summed E-state index contributed by atoms with van der Waals surface area (Å²) in [4.78, 5) is 4.31. The lowest BCUT2D eigenvalue weighted by atomic mass is 9.88. The van der Waals surface area contributed by atoms with Gasteiger partial charge < -0.3 is 31.5 Å². The van der Waals surface area contributed by atoms with Gasteiger partial charge in [-0.25, -0.2) is 4.98 Å². The van der Waals surface area contributed by atoms with Crippen molar-refractivity contribution < 1.29 is 14.6 Å². The number of nitrogens with one attached hydrogen (secondary N) is 1. The average molecular weight is 328 g/mol. The molecular formula is C17H20N4O3. The predicted octanol–water partition coefficient (Wildman–Crippen LogP) is 1.04. The molecule has 1 aromatic carbocycles. The first-order chi connectivity index (χ1) is 11.6. The zero-order valence-corrected chi connectivity index (χ0v) is 13.2. The van der Waals surface area contributed by atoms with Crippen LogP contribution >= 0.6 is 0 Å². The summed E-state index contributed by atoms with van der Waals surface area (Å²) < 4.78 is 11.1. The lowest BCUT2D eigenvalue weighted by Gasteiger charge is -2.39. The first kappa shape index (κ1) is 16.2. The topological polar surface area (TPSA) is 127 Å². The highest BCUT2D eigenvalue weighted by molar-refractivity contribution is 6.08. The maximum atomic E-state index is 9.49. The Morgan fingerprint density at radius 2 is 2.21 bits per heavy atom. The van der Waals surface area contributed by atoms with E-state index in [1.165, 1.54) is 12.3 Å². The fraction of sp³-hybridized carbons (Fsp3) is 0.294. The van der Waals surface area contributed by atoms with Crippen molar-refractivity contribution in [3.8, 4) is 5.75 Å². The first-order valence-corrected chi connectivity index (χ1v) is 7.56. The van der Waals surface area contributed by atoms with E-state index in [2.05, 4.69) is 4.98 Å². The van der Waals surface area contributed by atoms with E-state index in [9.17, 15) is 5.11 Å². The van der Waals surface area contributed by atoms with Crippen molar-refractivity contribution in [3.63, 3.8) is 0 Å². The summed E-state index contributed by atoms with van der Waals surface area (Å²) >= 11 is 0. The molecule has 24 heavy (non-hydrogen) atoms. The molecule has 3 rings (SSSR count). The largest absolute Gasteiger partial charge is 0.492 e. The van der Waals surface area contributed by atoms with Crippen molar-refractivity contribution in [2.24, 2.45) is 11.1 Å². The van der Waals surface area contributed by atoms with E-state index < -0.39 is 0 Å². The van der Waals surface area contributed by atoms with Crippen LogP contribution in [-0.4, -0.2) is 42.2 Å². The van der Waals surface area contributed by atoms with Crippen molar-refractivity contribution >= 4 is 22.4 Å². The van der Waals surface area contributed by atoms with E-state index in [1.807, 2.05) is 12.1 Å². The van der Waals surface area contributed by atoms with Gasteiger partial charge in [-0.15, -0.1) is 0 Å². The Hall–Kier alpha value is -2.64. The van der Waals surface area contributed by atoms with Crippen LogP contribution in [0.15, 0.2) is 36.5 Å². The van der Waals surface area contributed by atoms with Gasteiger partial charge in [0.05, 0.1) is 36.5 Å². The molecule has 1 aliphatic heterocycles. The van der Waals surface area contributed by atoms with E-state index in [4.69, 9.17) is 26.4 Å². The zero-order valence-electron chi connectivity index (χ0n) is 13.2. The van der Waals surface area contributed by atoms with Crippen molar-refractivity contribution in [1.29, 1.82) is 5.41 Å². The second-order valence-corrected chi connectivity index (χ2v) is 5.99. The number of benzene rings is 1. The molecule has 1 saturated heterocycles. The third-order valence-corrected chi connectivity index (χ3v) is 4.05. The molecule has 1 aliphatic rings. The Labute approximate surface area is 139 Å². The highest BCUT2D eigenvalue weighted by Crippen LogP contribution is 2.32. The van der Waals surface area contributed by atoms with Crippen LogP contribution in [-0.2, 0) is 4.74 Å². The summed E-state index contributed by atoms with van der Waals surface area (Å²) in [6.07, 6.45) is 2.83. The minimum Gasteiger partial charge on any atom is -0.492 e. The van der Waals surface area contributed by atoms with Gasteiger partial charge in [0.25, 0.3) is 0 Å². The number of nitrogens with two attached hydrogens (primary N) is 2. The monoisotopic (exact) mass is 328 g/mol. The molecular weight excluding hydrogens is 308 g/mol. The average Bonchev–Trinajstić information content (AvgIpc) is 2.53. The molecule has 1 aromatic heterocycles. The minimum absolute atomic E-state index is 0.0121. The molecule has 0 radical (unpaired) electrons. The molecule has 0 amide bonds. The smallest absolute Gasteiger partial charge is 0.132 e. The lowest BCUT2D eigenvalue weighted by molar-refractivity contribution is -0.153. The highest BCUT2D eigenvalue weighted by atomic mass is 16.5. The number of pyridine rings is 1. The number of anilines is 1. The number of hydrogen-bond donors (Lipinski definition) is 4. The van der Waals surface area contributed by atoms with Crippen LogP contribution in [0.25, 0.3) is 10.9 Å². The Morgan fingerprint density at radius 3 is 2.83 bits per heavy atom. The van der Waals surface area contributed by atoms with Crippen LogP contribution in [0.1, 0.15) is 5.56 Å². The first-order valence-electron chi connectivity index (χ1n) is 7.56. The SMILES string of the molecule is N=C(C=CN)c1ccc2c(OCC3(CO)COC3)cc(N)nc2c1. The second kappa shape index (κ2) is 6.46. The third-order valence-electron chi connectivity index (χ3n) is 4.05. The number of nitrogens with zero attached hydrogens (tertiary/aromatic N) is 1. The van der Waals surface area contributed by atoms with Crippen molar-refractivity contribution in [2.75, 3.05) is 32.2 Å². The molecule has 2 heterocycles. The number of hydrogen-bond acceptors (Lipinski definition) is 7. The molecule has 0 atom stereocenters. The second-order valence-electron chi connectivity index (χ2n) is 5.99. The highest BCUT2D eigenvalue weighted by Gasteiger charge is 2.39. The van der Waals surface area contributed by atoms with E-state index >= 15 is 0 Å². The number of aliphatic hydroxyl groups excluding tert-OH is 1. The van der Waals surface area contributed by atoms with Gasteiger partial charge in [-0.1, -0.05) is 6.07 Å². The zero-order chi connectivity index (χ0) is 17.2. The molecule has 2 aromatic rings. The predicted molar refractivity (Wildman–Crippen MR) is 92.1 cm³/mol. The fourth-order valence-corrected chi connectivity index (χ4v) is 2.54. The van der Waals surface area contributed by atoms with Crippen LogP contribution < -0.4 is 16.2 Å². The number of rotatable bonds is 6. The molecule has 7 heteroatoms. The van der Waals surface area contributed by atoms with Gasteiger partial charge in [0.15, 0.2) is 0 Å². The van der Waals surface area contributed by atoms with E-state index in [1.54, 1.807) is 12.1 Å². The van der Waals surface area contributed by atoms with E-state index in [0.717, 1.165) is 5.39 Å². The summed E-state index contributed by atoms with van der Waals surface area (Å²) in [7, 11) is 0. The normalized spacial score (nSPS) is 16.2. The molecule has 0 aliphatic carbocycles.